The normalized spacial score (nSPS) is 11.7. The van der Waals surface area contributed by atoms with E-state index in [1.54, 1.807) is 14.0 Å². The fourth-order valence-electron chi connectivity index (χ4n) is 2.35. The van der Waals surface area contributed by atoms with Crippen molar-refractivity contribution in [2.45, 2.75) is 13.5 Å². The zero-order chi connectivity index (χ0) is 18.3. The molecule has 0 saturated carbocycles. The average Bonchev–Trinajstić information content (AvgIpc) is 3.08. The number of guanidine groups is 1. The quantitative estimate of drug-likeness (QED) is 0.352. The molecule has 0 fully saturated rings. The van der Waals surface area contributed by atoms with Crippen LogP contribution < -0.4 is 5.32 Å². The van der Waals surface area contributed by atoms with Crippen LogP contribution in [0.15, 0.2) is 41.5 Å². The zero-order valence-corrected chi connectivity index (χ0v) is 18.4. The molecule has 0 aliphatic carbocycles. The van der Waals surface area contributed by atoms with Gasteiger partial charge >= 0.3 is 0 Å². The van der Waals surface area contributed by atoms with Crippen molar-refractivity contribution in [3.05, 3.63) is 42.4 Å². The molecule has 9 heteroatoms. The Morgan fingerprint density at radius 3 is 2.62 bits per heavy atom. The number of aromatic nitrogens is 2. The highest BCUT2D eigenvalue weighted by molar-refractivity contribution is 14.0. The van der Waals surface area contributed by atoms with E-state index in [1.165, 1.54) is 0 Å². The van der Waals surface area contributed by atoms with Crippen molar-refractivity contribution < 1.29 is 8.42 Å². The maximum absolute atomic E-state index is 11.6. The molecule has 2 rings (SSSR count). The van der Waals surface area contributed by atoms with Crippen LogP contribution in [0.4, 0.5) is 0 Å². The van der Waals surface area contributed by atoms with Crippen LogP contribution in [0, 0.1) is 0 Å². The lowest BCUT2D eigenvalue weighted by molar-refractivity contribution is 0.466. The first-order valence-electron chi connectivity index (χ1n) is 8.16. The van der Waals surface area contributed by atoms with Gasteiger partial charge in [-0.15, -0.1) is 24.0 Å². The van der Waals surface area contributed by atoms with Crippen LogP contribution in [0.1, 0.15) is 12.7 Å². The fourth-order valence-corrected chi connectivity index (χ4v) is 3.06. The van der Waals surface area contributed by atoms with E-state index in [0.29, 0.717) is 19.0 Å². The van der Waals surface area contributed by atoms with Gasteiger partial charge in [0.2, 0.25) is 0 Å². The van der Waals surface area contributed by atoms with Gasteiger partial charge in [-0.05, 0) is 5.56 Å². The highest BCUT2D eigenvalue weighted by atomic mass is 127. The van der Waals surface area contributed by atoms with Gasteiger partial charge in [0, 0.05) is 26.4 Å². The van der Waals surface area contributed by atoms with Crippen molar-refractivity contribution in [2.75, 3.05) is 32.1 Å². The predicted molar refractivity (Wildman–Crippen MR) is 117 cm³/mol. The molecule has 1 heterocycles. The molecule has 144 valence electrons. The summed E-state index contributed by atoms with van der Waals surface area (Å²) in [5.74, 6) is 1.68. The minimum Gasteiger partial charge on any atom is -0.355 e. The molecule has 0 unspecified atom stereocenters. The monoisotopic (exact) mass is 491 g/mol. The van der Waals surface area contributed by atoms with E-state index < -0.39 is 9.84 Å². The van der Waals surface area contributed by atoms with Gasteiger partial charge in [-0.1, -0.05) is 37.3 Å². The second-order valence-electron chi connectivity index (χ2n) is 5.68. The smallest absolute Gasteiger partial charge is 0.193 e. The van der Waals surface area contributed by atoms with Gasteiger partial charge in [-0.25, -0.2) is 13.4 Å². The summed E-state index contributed by atoms with van der Waals surface area (Å²) in [4.78, 5) is 13.8. The van der Waals surface area contributed by atoms with Crippen molar-refractivity contribution in [3.63, 3.8) is 0 Å². The summed E-state index contributed by atoms with van der Waals surface area (Å²) in [5.41, 5.74) is 2.04. The molecule has 7 nitrogen and oxygen atoms in total. The third-order valence-electron chi connectivity index (χ3n) is 3.81. The first-order valence-corrected chi connectivity index (χ1v) is 9.99. The zero-order valence-electron chi connectivity index (χ0n) is 15.3. The maximum Gasteiger partial charge on any atom is 0.193 e. The molecule has 0 aliphatic rings. The molecule has 0 radical (unpaired) electrons. The second kappa shape index (κ2) is 10.5. The summed E-state index contributed by atoms with van der Waals surface area (Å²) >= 11 is 0. The van der Waals surface area contributed by atoms with Crippen LogP contribution in [0.3, 0.4) is 0 Å². The minimum absolute atomic E-state index is 0. The van der Waals surface area contributed by atoms with Crippen LogP contribution in [0.2, 0.25) is 0 Å². The third-order valence-corrected chi connectivity index (χ3v) is 5.52. The highest BCUT2D eigenvalue weighted by Crippen LogP contribution is 2.16. The Morgan fingerprint density at radius 2 is 2.00 bits per heavy atom. The van der Waals surface area contributed by atoms with E-state index in [2.05, 4.69) is 20.3 Å². The molecule has 0 atom stereocenters. The number of halogens is 1. The van der Waals surface area contributed by atoms with Gasteiger partial charge in [0.15, 0.2) is 15.8 Å². The maximum atomic E-state index is 11.6. The number of nitrogens with zero attached hydrogens (tertiary/aromatic N) is 3. The largest absolute Gasteiger partial charge is 0.355 e. The summed E-state index contributed by atoms with van der Waals surface area (Å²) in [6, 6.07) is 9.99. The lowest BCUT2D eigenvalue weighted by atomic mass is 10.2. The van der Waals surface area contributed by atoms with Crippen molar-refractivity contribution in [1.82, 2.24) is 20.2 Å². The van der Waals surface area contributed by atoms with E-state index >= 15 is 0 Å². The van der Waals surface area contributed by atoms with Gasteiger partial charge in [-0.2, -0.15) is 0 Å². The number of aromatic amines is 1. The van der Waals surface area contributed by atoms with Crippen molar-refractivity contribution in [2.24, 2.45) is 4.99 Å². The van der Waals surface area contributed by atoms with Gasteiger partial charge in [0.1, 0.15) is 5.82 Å². The van der Waals surface area contributed by atoms with Crippen molar-refractivity contribution >= 4 is 39.8 Å². The lowest BCUT2D eigenvalue weighted by Gasteiger charge is -2.21. The van der Waals surface area contributed by atoms with E-state index in [9.17, 15) is 8.42 Å². The molecule has 0 bridgehead atoms. The molecule has 2 N–H and O–H groups in total. The molecule has 0 amide bonds. The van der Waals surface area contributed by atoms with Crippen LogP contribution in [-0.2, 0) is 16.4 Å². The topological polar surface area (TPSA) is 90.4 Å². The molecule has 1 aromatic heterocycles. The van der Waals surface area contributed by atoms with E-state index in [-0.39, 0.29) is 35.5 Å². The van der Waals surface area contributed by atoms with Crippen LogP contribution in [-0.4, -0.2) is 61.4 Å². The molecule has 0 saturated heterocycles. The number of hydrogen-bond acceptors (Lipinski definition) is 4. The number of nitrogens with one attached hydrogen (secondary N) is 2. The van der Waals surface area contributed by atoms with E-state index in [1.807, 2.05) is 48.5 Å². The van der Waals surface area contributed by atoms with Crippen LogP contribution in [0.25, 0.3) is 11.3 Å². The summed E-state index contributed by atoms with van der Waals surface area (Å²) < 4.78 is 23.1. The molecule has 0 spiro atoms. The summed E-state index contributed by atoms with van der Waals surface area (Å²) in [6.45, 7) is 2.52. The summed E-state index contributed by atoms with van der Waals surface area (Å²) in [5, 5.41) is 3.07. The van der Waals surface area contributed by atoms with Gasteiger partial charge in [0.05, 0.1) is 24.2 Å². The number of benzene rings is 1. The number of hydrogen-bond donors (Lipinski definition) is 2. The van der Waals surface area contributed by atoms with Gasteiger partial charge in [0.25, 0.3) is 0 Å². The third kappa shape index (κ3) is 6.60. The van der Waals surface area contributed by atoms with E-state index in [0.717, 1.165) is 17.1 Å². The Morgan fingerprint density at radius 1 is 1.31 bits per heavy atom. The van der Waals surface area contributed by atoms with E-state index in [4.69, 9.17) is 0 Å². The van der Waals surface area contributed by atoms with Gasteiger partial charge < -0.3 is 15.2 Å². The molecule has 1 aromatic carbocycles. The Bertz CT molecular complexity index is 806. The highest BCUT2D eigenvalue weighted by Gasteiger charge is 2.12. The fraction of sp³-hybridized carbons (Fsp3) is 0.412. The second-order valence-corrected chi connectivity index (χ2v) is 8.15. The molecular formula is C17H26IN5O2S. The van der Waals surface area contributed by atoms with Crippen molar-refractivity contribution in [3.8, 4) is 11.3 Å². The average molecular weight is 491 g/mol. The number of H-pyrrole nitrogens is 1. The Kier molecular flexibility index (Phi) is 9.06. The molecule has 26 heavy (non-hydrogen) atoms. The lowest BCUT2D eigenvalue weighted by Crippen LogP contribution is -2.40. The molecule has 2 aromatic rings. The predicted octanol–water partition coefficient (Wildman–Crippen LogP) is 2.14. The van der Waals surface area contributed by atoms with Crippen molar-refractivity contribution in [1.29, 1.82) is 0 Å². The first kappa shape index (κ1) is 22.4. The number of sulfone groups is 1. The Balaban J connectivity index is 0.00000338. The van der Waals surface area contributed by atoms with Crippen LogP contribution in [0.5, 0.6) is 0 Å². The number of imidazole rings is 1. The van der Waals surface area contributed by atoms with Gasteiger partial charge in [-0.3, -0.25) is 4.99 Å². The Labute approximate surface area is 172 Å². The molecule has 0 aliphatic heterocycles. The van der Waals surface area contributed by atoms with Crippen LogP contribution >= 0.6 is 24.0 Å². The SMILES string of the molecule is CCS(=O)(=O)CCNC(=NC)N(C)Cc1ncc(-c2ccccc2)[nH]1.I. The summed E-state index contributed by atoms with van der Waals surface area (Å²) in [6.07, 6.45) is 1.81. The minimum atomic E-state index is -2.99. The summed E-state index contributed by atoms with van der Waals surface area (Å²) in [7, 11) is 0.565. The number of aliphatic imine (C=N–C) groups is 1. The Hall–Kier alpha value is -1.62. The number of rotatable bonds is 7. The first-order chi connectivity index (χ1) is 11.9. The standard InChI is InChI=1S/C17H25N5O2S.HI/c1-4-25(23,24)11-10-19-17(18-2)22(3)13-16-20-12-15(21-16)14-8-6-5-7-9-14;/h5-9,12H,4,10-11,13H2,1-3H3,(H,18,19)(H,20,21);1H. The molecular weight excluding hydrogens is 465 g/mol.